The van der Waals surface area contributed by atoms with Crippen LogP contribution in [-0.2, 0) is 0 Å². The summed E-state index contributed by atoms with van der Waals surface area (Å²) in [5.41, 5.74) is 10.3. The number of hydrogen-bond donors (Lipinski definition) is 2. The molecule has 3 heterocycles. The molecule has 0 amide bonds. The second-order valence-corrected chi connectivity index (χ2v) is 6.28. The number of fused-ring (bicyclic) bond motifs is 1. The van der Waals surface area contributed by atoms with Crippen LogP contribution in [0.1, 0.15) is 5.56 Å². The molecule has 0 aliphatic heterocycles. The summed E-state index contributed by atoms with van der Waals surface area (Å²) in [5, 5.41) is 5.85. The molecule has 0 saturated heterocycles. The number of benzene rings is 1. The highest BCUT2D eigenvalue weighted by molar-refractivity contribution is 7.14. The highest BCUT2D eigenvalue weighted by Gasteiger charge is 2.13. The number of rotatable bonds is 3. The number of aromatic nitrogens is 3. The van der Waals surface area contributed by atoms with E-state index in [-0.39, 0.29) is 5.95 Å². The second kappa shape index (κ2) is 5.61. The van der Waals surface area contributed by atoms with E-state index in [4.69, 9.17) is 5.73 Å². The highest BCUT2D eigenvalue weighted by atomic mass is 32.1. The fourth-order valence-corrected chi connectivity index (χ4v) is 3.23. The third-order valence-electron chi connectivity index (χ3n) is 3.75. The maximum absolute atomic E-state index is 14.1. The van der Waals surface area contributed by atoms with Crippen LogP contribution in [0.3, 0.4) is 0 Å². The number of halogens is 1. The largest absolute Gasteiger partial charge is 0.399 e. The molecule has 0 spiro atoms. The van der Waals surface area contributed by atoms with Crippen LogP contribution in [0.4, 0.5) is 20.9 Å². The fraction of sp³-hybridized carbons (Fsp3) is 0.0588. The van der Waals surface area contributed by atoms with E-state index in [1.807, 2.05) is 30.5 Å². The minimum Gasteiger partial charge on any atom is -0.399 e. The molecule has 120 valence electrons. The van der Waals surface area contributed by atoms with Crippen molar-refractivity contribution in [1.29, 1.82) is 0 Å². The van der Waals surface area contributed by atoms with Gasteiger partial charge < -0.3 is 11.1 Å². The van der Waals surface area contributed by atoms with Gasteiger partial charge in [-0.05, 0) is 36.8 Å². The molecular weight excluding hydrogens is 325 g/mol. The van der Waals surface area contributed by atoms with Crippen LogP contribution in [0, 0.1) is 12.9 Å². The van der Waals surface area contributed by atoms with Crippen molar-refractivity contribution in [2.24, 2.45) is 0 Å². The number of nitrogens with two attached hydrogens (primary N) is 1. The molecular formula is C17H14FN5S. The fourth-order valence-electron chi connectivity index (χ4n) is 2.52. The Morgan fingerprint density at radius 3 is 3.00 bits per heavy atom. The summed E-state index contributed by atoms with van der Waals surface area (Å²) >= 11 is 1.44. The van der Waals surface area contributed by atoms with Gasteiger partial charge in [-0.25, -0.2) is 9.97 Å². The van der Waals surface area contributed by atoms with Crippen LogP contribution in [0.2, 0.25) is 0 Å². The summed E-state index contributed by atoms with van der Waals surface area (Å²) < 4.78 is 15.5. The summed E-state index contributed by atoms with van der Waals surface area (Å²) in [6.07, 6.45) is 1.63. The number of nitrogens with zero attached hydrogens (tertiary/aromatic N) is 3. The molecule has 1 aromatic carbocycles. The topological polar surface area (TPSA) is 68.2 Å². The second-order valence-electron chi connectivity index (χ2n) is 5.42. The van der Waals surface area contributed by atoms with Crippen LogP contribution in [-0.4, -0.2) is 14.4 Å². The Balaban J connectivity index is 1.71. The number of nitrogen functional groups attached to an aromatic ring is 1. The molecule has 0 fully saturated rings. The number of thiazole rings is 1. The molecule has 24 heavy (non-hydrogen) atoms. The van der Waals surface area contributed by atoms with E-state index in [1.165, 1.54) is 21.8 Å². The Bertz CT molecular complexity index is 1040. The minimum atomic E-state index is -0.366. The van der Waals surface area contributed by atoms with Gasteiger partial charge >= 0.3 is 0 Å². The Morgan fingerprint density at radius 2 is 2.12 bits per heavy atom. The van der Waals surface area contributed by atoms with Crippen LogP contribution >= 0.6 is 11.3 Å². The number of imidazole rings is 1. The maximum atomic E-state index is 14.1. The molecule has 0 radical (unpaired) electrons. The van der Waals surface area contributed by atoms with Crippen molar-refractivity contribution in [3.05, 3.63) is 59.5 Å². The number of nitrogens with one attached hydrogen (secondary N) is 1. The number of anilines is 3. The lowest BCUT2D eigenvalue weighted by Crippen LogP contribution is -1.96. The SMILES string of the molecule is Cc1ccc(N)cc1Nc1nc(-c2cnc3cccc(F)n23)cs1. The predicted octanol–water partition coefficient (Wildman–Crippen LogP) is 4.23. The van der Waals surface area contributed by atoms with Crippen LogP contribution in [0.15, 0.2) is 48.0 Å². The zero-order valence-corrected chi connectivity index (χ0v) is 13.6. The van der Waals surface area contributed by atoms with Crippen LogP contribution < -0.4 is 11.1 Å². The summed E-state index contributed by atoms with van der Waals surface area (Å²) in [5.74, 6) is -0.366. The van der Waals surface area contributed by atoms with Crippen molar-refractivity contribution in [3.8, 4) is 11.4 Å². The summed E-state index contributed by atoms with van der Waals surface area (Å²) in [6, 6.07) is 10.5. The van der Waals surface area contributed by atoms with Crippen LogP contribution in [0.25, 0.3) is 17.0 Å². The van der Waals surface area contributed by atoms with Gasteiger partial charge in [0.2, 0.25) is 0 Å². The van der Waals surface area contributed by atoms with Gasteiger partial charge in [0.15, 0.2) is 11.1 Å². The maximum Gasteiger partial charge on any atom is 0.199 e. The Labute approximate surface area is 141 Å². The van der Waals surface area contributed by atoms with Crippen molar-refractivity contribution < 1.29 is 4.39 Å². The van der Waals surface area contributed by atoms with E-state index < -0.39 is 0 Å². The molecule has 4 aromatic rings. The Kier molecular flexibility index (Phi) is 3.42. The normalized spacial score (nSPS) is 11.1. The van der Waals surface area contributed by atoms with Gasteiger partial charge in [0, 0.05) is 16.8 Å². The van der Waals surface area contributed by atoms with E-state index in [0.717, 1.165) is 11.3 Å². The summed E-state index contributed by atoms with van der Waals surface area (Å²) in [6.45, 7) is 2.00. The molecule has 4 rings (SSSR count). The van der Waals surface area contributed by atoms with E-state index >= 15 is 0 Å². The molecule has 0 atom stereocenters. The minimum absolute atomic E-state index is 0.366. The van der Waals surface area contributed by atoms with Gasteiger partial charge in [-0.15, -0.1) is 11.3 Å². The lowest BCUT2D eigenvalue weighted by Gasteiger charge is -2.07. The monoisotopic (exact) mass is 339 g/mol. The quantitative estimate of drug-likeness (QED) is 0.433. The first kappa shape index (κ1) is 14.6. The van der Waals surface area contributed by atoms with Crippen LogP contribution in [0.5, 0.6) is 0 Å². The van der Waals surface area contributed by atoms with E-state index in [0.29, 0.717) is 27.9 Å². The zero-order valence-electron chi connectivity index (χ0n) is 12.8. The van der Waals surface area contributed by atoms with E-state index in [9.17, 15) is 4.39 Å². The van der Waals surface area contributed by atoms with E-state index in [1.54, 1.807) is 18.3 Å². The molecule has 0 bridgehead atoms. The van der Waals surface area contributed by atoms with Gasteiger partial charge in [-0.3, -0.25) is 4.40 Å². The van der Waals surface area contributed by atoms with Gasteiger partial charge in [0.1, 0.15) is 11.3 Å². The summed E-state index contributed by atoms with van der Waals surface area (Å²) in [7, 11) is 0. The molecule has 0 aliphatic carbocycles. The molecule has 0 saturated carbocycles. The summed E-state index contributed by atoms with van der Waals surface area (Å²) in [4.78, 5) is 8.77. The van der Waals surface area contributed by atoms with E-state index in [2.05, 4.69) is 15.3 Å². The standard InChI is InChI=1S/C17H14FN5S/c1-10-5-6-11(19)7-12(10)21-17-22-13(9-24-17)14-8-20-16-4-2-3-15(18)23(14)16/h2-9H,19H2,1H3,(H,21,22). The van der Waals surface area contributed by atoms with Crippen molar-refractivity contribution in [2.45, 2.75) is 6.92 Å². The van der Waals surface area contributed by atoms with Gasteiger partial charge in [-0.2, -0.15) is 4.39 Å². The van der Waals surface area contributed by atoms with Gasteiger partial charge in [0.05, 0.1) is 11.9 Å². The molecule has 5 nitrogen and oxygen atoms in total. The first-order chi connectivity index (χ1) is 11.6. The molecule has 3 N–H and O–H groups in total. The Morgan fingerprint density at radius 1 is 1.25 bits per heavy atom. The lowest BCUT2D eigenvalue weighted by molar-refractivity contribution is 0.569. The van der Waals surface area contributed by atoms with Crippen molar-refractivity contribution in [2.75, 3.05) is 11.1 Å². The van der Waals surface area contributed by atoms with Gasteiger partial charge in [0.25, 0.3) is 0 Å². The third kappa shape index (κ3) is 2.48. The number of pyridine rings is 1. The average molecular weight is 339 g/mol. The first-order valence-corrected chi connectivity index (χ1v) is 8.21. The molecule has 7 heteroatoms. The first-order valence-electron chi connectivity index (χ1n) is 7.33. The zero-order chi connectivity index (χ0) is 16.7. The number of aryl methyl sites for hydroxylation is 1. The predicted molar refractivity (Wildman–Crippen MR) is 95.1 cm³/mol. The Hall–Kier alpha value is -2.93. The third-order valence-corrected chi connectivity index (χ3v) is 4.51. The molecule has 0 unspecified atom stereocenters. The number of hydrogen-bond acceptors (Lipinski definition) is 5. The smallest absolute Gasteiger partial charge is 0.199 e. The molecule has 0 aliphatic rings. The van der Waals surface area contributed by atoms with Gasteiger partial charge in [-0.1, -0.05) is 12.1 Å². The lowest BCUT2D eigenvalue weighted by atomic mass is 10.2. The van der Waals surface area contributed by atoms with Crippen molar-refractivity contribution >= 4 is 33.5 Å². The average Bonchev–Trinajstić information content (AvgIpc) is 3.18. The highest BCUT2D eigenvalue weighted by Crippen LogP contribution is 2.29. The van der Waals surface area contributed by atoms with Crippen molar-refractivity contribution in [3.63, 3.8) is 0 Å². The molecule has 3 aromatic heterocycles. The van der Waals surface area contributed by atoms with Crippen molar-refractivity contribution in [1.82, 2.24) is 14.4 Å².